The molecule has 0 bridgehead atoms. The average molecular weight is 538 g/mol. The molecule has 39 heavy (non-hydrogen) atoms. The van der Waals surface area contributed by atoms with Crippen molar-refractivity contribution in [2.45, 2.75) is 51.7 Å². The van der Waals surface area contributed by atoms with Gasteiger partial charge in [0, 0.05) is 24.0 Å². The van der Waals surface area contributed by atoms with E-state index in [2.05, 4.69) is 64.3 Å². The summed E-state index contributed by atoms with van der Waals surface area (Å²) in [6.45, 7) is 4.12. The van der Waals surface area contributed by atoms with Crippen molar-refractivity contribution >= 4 is 34.0 Å². The van der Waals surface area contributed by atoms with E-state index in [4.69, 9.17) is 26.3 Å². The van der Waals surface area contributed by atoms with E-state index in [0.29, 0.717) is 11.1 Å². The lowest BCUT2D eigenvalue weighted by Crippen LogP contribution is -2.25. The molecule has 1 aliphatic heterocycles. The number of rotatable bonds is 5. The first kappa shape index (κ1) is 25.5. The highest BCUT2D eigenvalue weighted by Gasteiger charge is 2.22. The smallest absolute Gasteiger partial charge is 0.0900 e. The molecular formula is C32H32ClN5O. The van der Waals surface area contributed by atoms with Crippen LogP contribution in [0.2, 0.25) is 5.02 Å². The zero-order valence-corrected chi connectivity index (χ0v) is 23.2. The van der Waals surface area contributed by atoms with Crippen LogP contribution >= 0.6 is 11.6 Å². The molecule has 0 unspecified atom stereocenters. The number of pyridine rings is 1. The Morgan fingerprint density at radius 2 is 1.74 bits per heavy atom. The van der Waals surface area contributed by atoms with Crippen LogP contribution in [-0.4, -0.2) is 33.8 Å². The summed E-state index contributed by atoms with van der Waals surface area (Å²) in [6, 6.07) is 22.9. The number of fused-ring (bicyclic) bond motifs is 2. The third-order valence-corrected chi connectivity index (χ3v) is 7.86. The normalized spacial score (nSPS) is 18.1. The van der Waals surface area contributed by atoms with Crippen molar-refractivity contribution in [2.75, 3.05) is 12.4 Å². The minimum absolute atomic E-state index is 0.240. The fourth-order valence-electron chi connectivity index (χ4n) is 5.44. The fourth-order valence-corrected chi connectivity index (χ4v) is 5.57. The molecule has 7 heteroatoms. The maximum absolute atomic E-state index is 6.27. The number of anilines is 2. The van der Waals surface area contributed by atoms with Crippen molar-refractivity contribution in [3.63, 3.8) is 0 Å². The maximum Gasteiger partial charge on any atom is 0.0900 e. The number of ether oxygens (including phenoxy) is 1. The lowest BCUT2D eigenvalue weighted by Gasteiger charge is -2.25. The summed E-state index contributed by atoms with van der Waals surface area (Å²) in [5, 5.41) is 5.25. The Bertz CT molecular complexity index is 1670. The predicted octanol–water partition coefficient (Wildman–Crippen LogP) is 7.40. The Morgan fingerprint density at radius 1 is 0.949 bits per heavy atom. The molecule has 3 aromatic rings. The first-order chi connectivity index (χ1) is 19.0. The number of benzene rings is 3. The molecule has 1 fully saturated rings. The molecule has 6 nitrogen and oxygen atoms in total. The van der Waals surface area contributed by atoms with E-state index in [0.717, 1.165) is 76.2 Å². The molecule has 3 aliphatic rings. The first-order valence-corrected chi connectivity index (χ1v) is 13.8. The Hall–Kier alpha value is -3.74. The van der Waals surface area contributed by atoms with Gasteiger partial charge in [0.2, 0.25) is 0 Å². The van der Waals surface area contributed by atoms with Crippen molar-refractivity contribution in [1.82, 2.24) is 14.5 Å². The van der Waals surface area contributed by atoms with Gasteiger partial charge in [0.25, 0.3) is 0 Å². The van der Waals surface area contributed by atoms with E-state index in [1.54, 1.807) is 7.11 Å². The molecule has 2 aliphatic carbocycles. The number of halogens is 1. The quantitative estimate of drug-likeness (QED) is 0.237. The maximum atomic E-state index is 6.27. The number of nitrogens with one attached hydrogen (secondary N) is 1. The molecule has 198 valence electrons. The van der Waals surface area contributed by atoms with E-state index < -0.39 is 0 Å². The predicted molar refractivity (Wildman–Crippen MR) is 158 cm³/mol. The molecule has 0 radical (unpaired) electrons. The van der Waals surface area contributed by atoms with Gasteiger partial charge in [0.05, 0.1) is 57.0 Å². The van der Waals surface area contributed by atoms with Crippen molar-refractivity contribution in [2.24, 2.45) is 4.99 Å². The van der Waals surface area contributed by atoms with Crippen molar-refractivity contribution in [3.8, 4) is 17.1 Å². The Balaban J connectivity index is 1.60. The highest BCUT2D eigenvalue weighted by atomic mass is 35.5. The van der Waals surface area contributed by atoms with Gasteiger partial charge in [-0.05, 0) is 106 Å². The molecule has 2 aromatic carbocycles. The van der Waals surface area contributed by atoms with Gasteiger partial charge in [0.15, 0.2) is 0 Å². The summed E-state index contributed by atoms with van der Waals surface area (Å²) in [6.07, 6.45) is 6.21. The molecular weight excluding hydrogens is 506 g/mol. The monoisotopic (exact) mass is 537 g/mol. The van der Waals surface area contributed by atoms with Crippen molar-refractivity contribution in [1.29, 1.82) is 0 Å². The minimum atomic E-state index is 0.240. The SMILES string of the molecule is COC1CCC(N=c2cc3n(-c4ccc(Cl)cc4)c4cc(C)ccc4nc-3cc2Nc2cccnc2C)CC1. The Labute approximate surface area is 233 Å². The van der Waals surface area contributed by atoms with Crippen LogP contribution in [0.4, 0.5) is 11.4 Å². The second kappa shape index (κ2) is 10.8. The number of aryl methyl sites for hydroxylation is 2. The lowest BCUT2D eigenvalue weighted by atomic mass is 9.93. The summed E-state index contributed by atoms with van der Waals surface area (Å²) in [4.78, 5) is 14.9. The summed E-state index contributed by atoms with van der Waals surface area (Å²) >= 11 is 6.27. The van der Waals surface area contributed by atoms with Gasteiger partial charge >= 0.3 is 0 Å². The standard InChI is InChI=1S/C32H32ClN5O/c1-20-6-15-27-31(17-20)38(24-11-7-22(33)8-12-24)32-19-29(35-23-9-13-25(39-3)14-10-23)28(18-30(32)37-27)36-26-5-4-16-34-21(26)2/h4-8,11-12,15-19,23,25,36H,9-10,13-14H2,1-3H3. The Morgan fingerprint density at radius 3 is 2.49 bits per heavy atom. The van der Waals surface area contributed by atoms with Crippen LogP contribution in [0.15, 0.2) is 77.9 Å². The van der Waals surface area contributed by atoms with Gasteiger partial charge in [-0.3, -0.25) is 9.98 Å². The third kappa shape index (κ3) is 5.27. The zero-order chi connectivity index (χ0) is 26.9. The van der Waals surface area contributed by atoms with Gasteiger partial charge in [-0.25, -0.2) is 4.98 Å². The zero-order valence-electron chi connectivity index (χ0n) is 22.5. The van der Waals surface area contributed by atoms with Crippen LogP contribution in [0.25, 0.3) is 28.1 Å². The molecule has 1 saturated carbocycles. The molecule has 0 spiro atoms. The van der Waals surface area contributed by atoms with Crippen LogP contribution in [0.1, 0.15) is 36.9 Å². The minimum Gasteiger partial charge on any atom is -0.381 e. The number of aromatic nitrogens is 3. The third-order valence-electron chi connectivity index (χ3n) is 7.61. The largest absolute Gasteiger partial charge is 0.381 e. The van der Waals surface area contributed by atoms with Crippen molar-refractivity contribution < 1.29 is 4.74 Å². The van der Waals surface area contributed by atoms with Crippen LogP contribution in [0, 0.1) is 13.8 Å². The van der Waals surface area contributed by atoms with Crippen LogP contribution < -0.4 is 10.7 Å². The van der Waals surface area contributed by atoms with Gasteiger partial charge < -0.3 is 14.6 Å². The van der Waals surface area contributed by atoms with E-state index in [1.165, 1.54) is 5.56 Å². The second-order valence-electron chi connectivity index (χ2n) is 10.3. The number of nitrogens with zero attached hydrogens (tertiary/aromatic N) is 4. The van der Waals surface area contributed by atoms with Gasteiger partial charge in [-0.2, -0.15) is 0 Å². The average Bonchev–Trinajstić information content (AvgIpc) is 2.94. The molecule has 0 atom stereocenters. The molecule has 2 heterocycles. The van der Waals surface area contributed by atoms with Crippen molar-refractivity contribution in [3.05, 3.63) is 94.6 Å². The van der Waals surface area contributed by atoms with E-state index >= 15 is 0 Å². The summed E-state index contributed by atoms with van der Waals surface area (Å²) < 4.78 is 7.87. The molecule has 6 rings (SSSR count). The molecule has 1 aromatic heterocycles. The van der Waals surface area contributed by atoms with Crippen LogP contribution in [-0.2, 0) is 4.74 Å². The highest BCUT2D eigenvalue weighted by molar-refractivity contribution is 6.30. The van der Waals surface area contributed by atoms with E-state index in [1.807, 2.05) is 37.4 Å². The van der Waals surface area contributed by atoms with Gasteiger partial charge in [0.1, 0.15) is 0 Å². The first-order valence-electron chi connectivity index (χ1n) is 13.5. The van der Waals surface area contributed by atoms with Gasteiger partial charge in [-0.15, -0.1) is 0 Å². The second-order valence-corrected chi connectivity index (χ2v) is 10.8. The summed E-state index contributed by atoms with van der Waals surface area (Å²) in [5.74, 6) is 0. The number of hydrogen-bond acceptors (Lipinski definition) is 5. The summed E-state index contributed by atoms with van der Waals surface area (Å²) in [5.41, 5.74) is 8.86. The Kier molecular flexibility index (Phi) is 7.07. The highest BCUT2D eigenvalue weighted by Crippen LogP contribution is 2.32. The fraction of sp³-hybridized carbons (Fsp3) is 0.281. The van der Waals surface area contributed by atoms with Crippen LogP contribution in [0.3, 0.4) is 0 Å². The number of methoxy groups -OCH3 is 1. The topological polar surface area (TPSA) is 64.3 Å². The van der Waals surface area contributed by atoms with Gasteiger partial charge in [-0.1, -0.05) is 17.7 Å². The molecule has 0 amide bonds. The van der Waals surface area contributed by atoms with E-state index in [-0.39, 0.29) is 6.04 Å². The summed E-state index contributed by atoms with van der Waals surface area (Å²) in [7, 11) is 1.80. The number of hydrogen-bond donors (Lipinski definition) is 1. The van der Waals surface area contributed by atoms with Crippen LogP contribution in [0.5, 0.6) is 0 Å². The molecule has 1 N–H and O–H groups in total. The molecule has 0 saturated heterocycles. The lowest BCUT2D eigenvalue weighted by molar-refractivity contribution is 0.0663. The van der Waals surface area contributed by atoms with E-state index in [9.17, 15) is 0 Å².